The highest BCUT2D eigenvalue weighted by molar-refractivity contribution is 7.92. The van der Waals surface area contributed by atoms with E-state index >= 15 is 0 Å². The molecule has 0 saturated carbocycles. The monoisotopic (exact) mass is 619 g/mol. The Bertz CT molecular complexity index is 1450. The quantitative estimate of drug-likeness (QED) is 0.259. The van der Waals surface area contributed by atoms with E-state index in [9.17, 15) is 18.0 Å². The zero-order valence-electron chi connectivity index (χ0n) is 23.6. The van der Waals surface area contributed by atoms with Gasteiger partial charge in [-0.05, 0) is 81.3 Å². The summed E-state index contributed by atoms with van der Waals surface area (Å²) in [6, 6.07) is 16.9. The molecular weight excluding hydrogens is 585 g/mol. The van der Waals surface area contributed by atoms with Crippen molar-refractivity contribution < 1.29 is 22.7 Å². The lowest BCUT2D eigenvalue weighted by Gasteiger charge is -2.33. The molecule has 220 valence electrons. The van der Waals surface area contributed by atoms with Crippen LogP contribution in [0.2, 0.25) is 10.0 Å². The molecule has 0 aliphatic carbocycles. The van der Waals surface area contributed by atoms with Crippen LogP contribution in [0.25, 0.3) is 0 Å². The molecule has 0 spiro atoms. The summed E-state index contributed by atoms with van der Waals surface area (Å²) < 4.78 is 34.5. The molecule has 0 saturated heterocycles. The lowest BCUT2D eigenvalue weighted by Crippen LogP contribution is -2.52. The van der Waals surface area contributed by atoms with Crippen LogP contribution in [0.15, 0.2) is 71.6 Å². The number of amides is 2. The zero-order chi connectivity index (χ0) is 30.2. The Morgan fingerprint density at radius 2 is 1.61 bits per heavy atom. The molecular formula is C30H35Cl2N3O5S. The average molecular weight is 621 g/mol. The molecule has 0 aromatic heterocycles. The molecule has 1 N–H and O–H groups in total. The Morgan fingerprint density at radius 1 is 0.951 bits per heavy atom. The number of nitrogens with zero attached hydrogens (tertiary/aromatic N) is 2. The molecule has 0 aliphatic rings. The largest absolute Gasteiger partial charge is 0.494 e. The van der Waals surface area contributed by atoms with Crippen molar-refractivity contribution >= 4 is 50.7 Å². The molecule has 3 aromatic carbocycles. The summed E-state index contributed by atoms with van der Waals surface area (Å²) in [6.07, 6.45) is 0.305. The van der Waals surface area contributed by atoms with Gasteiger partial charge in [-0.1, -0.05) is 53.9 Å². The average Bonchev–Trinajstić information content (AvgIpc) is 2.94. The van der Waals surface area contributed by atoms with Crippen molar-refractivity contribution in [1.82, 2.24) is 10.2 Å². The minimum Gasteiger partial charge on any atom is -0.494 e. The van der Waals surface area contributed by atoms with E-state index in [1.54, 1.807) is 68.4 Å². The van der Waals surface area contributed by atoms with E-state index in [-0.39, 0.29) is 17.3 Å². The fourth-order valence-corrected chi connectivity index (χ4v) is 6.17. The molecule has 0 unspecified atom stereocenters. The number of carbonyl (C=O) groups is 2. The minimum atomic E-state index is -4.19. The Morgan fingerprint density at radius 3 is 2.17 bits per heavy atom. The van der Waals surface area contributed by atoms with Crippen LogP contribution in [-0.4, -0.2) is 50.9 Å². The van der Waals surface area contributed by atoms with Crippen molar-refractivity contribution in [2.45, 2.75) is 51.6 Å². The van der Waals surface area contributed by atoms with Gasteiger partial charge in [0.1, 0.15) is 18.3 Å². The molecule has 8 nitrogen and oxygen atoms in total. The van der Waals surface area contributed by atoms with Crippen molar-refractivity contribution in [3.8, 4) is 5.75 Å². The summed E-state index contributed by atoms with van der Waals surface area (Å²) in [7, 11) is -4.19. The standard InChI is InChI=1S/C30H35Cl2N3O5S/c1-5-28(30(37)33-6-2)34(19-22-10-11-23(31)18-27(22)32)29(36)20-35(24-12-8-21(4)9-13-24)41(38,39)26-16-14-25(15-17-26)40-7-3/h8-18,28H,5-7,19-20H2,1-4H3,(H,33,37)/t28-/m1/s1. The van der Waals surface area contributed by atoms with Gasteiger partial charge in [-0.15, -0.1) is 0 Å². The number of rotatable bonds is 13. The number of hydrogen-bond donors (Lipinski definition) is 1. The van der Waals surface area contributed by atoms with Crippen molar-refractivity contribution in [3.05, 3.63) is 87.9 Å². The molecule has 11 heteroatoms. The number of benzene rings is 3. The number of nitrogens with one attached hydrogen (secondary N) is 1. The van der Waals surface area contributed by atoms with Crippen LogP contribution in [0.1, 0.15) is 38.3 Å². The van der Waals surface area contributed by atoms with Gasteiger partial charge in [0.25, 0.3) is 10.0 Å². The van der Waals surface area contributed by atoms with Crippen molar-refractivity contribution in [2.24, 2.45) is 0 Å². The van der Waals surface area contributed by atoms with E-state index in [2.05, 4.69) is 5.32 Å². The first-order valence-electron chi connectivity index (χ1n) is 13.3. The third-order valence-corrected chi connectivity index (χ3v) is 8.79. The first-order valence-corrected chi connectivity index (χ1v) is 15.5. The summed E-state index contributed by atoms with van der Waals surface area (Å²) in [5.41, 5.74) is 1.82. The van der Waals surface area contributed by atoms with E-state index in [1.807, 2.05) is 13.8 Å². The van der Waals surface area contributed by atoms with Gasteiger partial charge >= 0.3 is 0 Å². The number of hydrogen-bond acceptors (Lipinski definition) is 5. The molecule has 0 aliphatic heterocycles. The number of aryl methyl sites for hydroxylation is 1. The molecule has 0 fully saturated rings. The lowest BCUT2D eigenvalue weighted by atomic mass is 10.1. The van der Waals surface area contributed by atoms with Gasteiger partial charge in [-0.3, -0.25) is 13.9 Å². The van der Waals surface area contributed by atoms with E-state index in [0.29, 0.717) is 46.6 Å². The fourth-order valence-electron chi connectivity index (χ4n) is 4.29. The highest BCUT2D eigenvalue weighted by Gasteiger charge is 2.34. The molecule has 0 bridgehead atoms. The maximum absolute atomic E-state index is 14.1. The summed E-state index contributed by atoms with van der Waals surface area (Å²) in [4.78, 5) is 28.5. The van der Waals surface area contributed by atoms with Crippen LogP contribution in [0, 0.1) is 6.92 Å². The van der Waals surface area contributed by atoms with Crippen LogP contribution in [0.3, 0.4) is 0 Å². The first kappa shape index (κ1) is 32.2. The lowest BCUT2D eigenvalue weighted by molar-refractivity contribution is -0.140. The van der Waals surface area contributed by atoms with Gasteiger partial charge in [-0.2, -0.15) is 0 Å². The van der Waals surface area contributed by atoms with Crippen LogP contribution < -0.4 is 14.4 Å². The predicted molar refractivity (Wildman–Crippen MR) is 163 cm³/mol. The summed E-state index contributed by atoms with van der Waals surface area (Å²) in [5, 5.41) is 3.54. The maximum atomic E-state index is 14.1. The maximum Gasteiger partial charge on any atom is 0.264 e. The second-order valence-electron chi connectivity index (χ2n) is 9.33. The third kappa shape index (κ3) is 8.15. The van der Waals surface area contributed by atoms with Crippen LogP contribution in [-0.2, 0) is 26.2 Å². The van der Waals surface area contributed by atoms with Crippen molar-refractivity contribution in [1.29, 1.82) is 0 Å². The van der Waals surface area contributed by atoms with Gasteiger partial charge in [-0.25, -0.2) is 8.42 Å². The van der Waals surface area contributed by atoms with Crippen molar-refractivity contribution in [2.75, 3.05) is 24.0 Å². The highest BCUT2D eigenvalue weighted by Crippen LogP contribution is 2.28. The molecule has 1 atom stereocenters. The van der Waals surface area contributed by atoms with Crippen LogP contribution in [0.5, 0.6) is 5.75 Å². The van der Waals surface area contributed by atoms with Crippen molar-refractivity contribution in [3.63, 3.8) is 0 Å². The summed E-state index contributed by atoms with van der Waals surface area (Å²) in [5.74, 6) is -0.378. The van der Waals surface area contributed by atoms with E-state index < -0.39 is 28.5 Å². The van der Waals surface area contributed by atoms with Gasteiger partial charge in [0, 0.05) is 23.1 Å². The molecule has 3 aromatic rings. The van der Waals surface area contributed by atoms with Crippen LogP contribution in [0.4, 0.5) is 5.69 Å². The molecule has 2 amide bonds. The SMILES string of the molecule is CCNC(=O)[C@@H](CC)N(Cc1ccc(Cl)cc1Cl)C(=O)CN(c1ccc(C)cc1)S(=O)(=O)c1ccc(OCC)cc1. The van der Waals surface area contributed by atoms with Crippen LogP contribution >= 0.6 is 23.2 Å². The normalized spacial score (nSPS) is 12.0. The Balaban J connectivity index is 2.06. The number of carbonyl (C=O) groups excluding carboxylic acids is 2. The number of ether oxygens (including phenoxy) is 1. The highest BCUT2D eigenvalue weighted by atomic mass is 35.5. The topological polar surface area (TPSA) is 96.0 Å². The Kier molecular flexibility index (Phi) is 11.5. The number of halogens is 2. The fraction of sp³-hybridized carbons (Fsp3) is 0.333. The summed E-state index contributed by atoms with van der Waals surface area (Å²) in [6.45, 7) is 7.55. The number of sulfonamides is 1. The second-order valence-corrected chi connectivity index (χ2v) is 12.0. The molecule has 0 radical (unpaired) electrons. The summed E-state index contributed by atoms with van der Waals surface area (Å²) >= 11 is 12.5. The van der Waals surface area contributed by atoms with Gasteiger partial charge in [0.2, 0.25) is 11.8 Å². The third-order valence-electron chi connectivity index (χ3n) is 6.42. The Hall–Kier alpha value is -3.27. The Labute approximate surface area is 252 Å². The van der Waals surface area contributed by atoms with Gasteiger partial charge in [0.15, 0.2) is 0 Å². The second kappa shape index (κ2) is 14.6. The number of likely N-dealkylation sites (N-methyl/N-ethyl adjacent to an activating group) is 1. The minimum absolute atomic E-state index is 0.00242. The van der Waals surface area contributed by atoms with E-state index in [1.165, 1.54) is 17.0 Å². The number of anilines is 1. The smallest absolute Gasteiger partial charge is 0.264 e. The molecule has 41 heavy (non-hydrogen) atoms. The molecule has 3 rings (SSSR count). The molecule has 0 heterocycles. The predicted octanol–water partition coefficient (Wildman–Crippen LogP) is 5.84. The van der Waals surface area contributed by atoms with Gasteiger partial charge in [0.05, 0.1) is 17.2 Å². The van der Waals surface area contributed by atoms with E-state index in [4.69, 9.17) is 27.9 Å². The zero-order valence-corrected chi connectivity index (χ0v) is 25.9. The van der Waals surface area contributed by atoms with Gasteiger partial charge < -0.3 is 15.0 Å². The van der Waals surface area contributed by atoms with E-state index in [0.717, 1.165) is 9.87 Å². The first-order chi connectivity index (χ1) is 19.5.